The molecule has 2 aliphatic carbocycles. The molecule has 22 heavy (non-hydrogen) atoms. The van der Waals surface area contributed by atoms with Gasteiger partial charge in [-0.05, 0) is 25.7 Å². The lowest BCUT2D eigenvalue weighted by Crippen LogP contribution is -2.55. The first kappa shape index (κ1) is 17.1. The molecule has 5 heteroatoms. The van der Waals surface area contributed by atoms with Gasteiger partial charge in [-0.2, -0.15) is 0 Å². The molecule has 0 atom stereocenters. The topological polar surface area (TPSA) is 43.9 Å². The molecule has 2 rings (SSSR count). The molecule has 0 heterocycles. The van der Waals surface area contributed by atoms with Gasteiger partial charge in [0.2, 0.25) is 0 Å². The Morgan fingerprint density at radius 2 is 1.09 bits per heavy atom. The Morgan fingerprint density at radius 1 is 0.682 bits per heavy atom. The molecule has 0 radical (unpaired) electrons. The second-order valence-electron chi connectivity index (χ2n) is 7.01. The van der Waals surface area contributed by atoms with Crippen molar-refractivity contribution in [2.75, 3.05) is 21.1 Å². The van der Waals surface area contributed by atoms with Gasteiger partial charge in [0.15, 0.2) is 0 Å². The Bertz CT molecular complexity index is 367. The molecule has 0 aromatic heterocycles. The van der Waals surface area contributed by atoms with E-state index >= 15 is 0 Å². The average Bonchev–Trinajstić information content (AvgIpc) is 2.55. The van der Waals surface area contributed by atoms with Crippen LogP contribution in [0.4, 0.5) is 9.59 Å². The van der Waals surface area contributed by atoms with Crippen LogP contribution in [-0.4, -0.2) is 60.0 Å². The Kier molecular flexibility index (Phi) is 6.09. The Balaban J connectivity index is 2.14. The van der Waals surface area contributed by atoms with Crippen molar-refractivity contribution in [3.8, 4) is 0 Å². The van der Waals surface area contributed by atoms with E-state index in [4.69, 9.17) is 0 Å². The largest absolute Gasteiger partial charge is 0.330 e. The second-order valence-corrected chi connectivity index (χ2v) is 7.01. The number of urea groups is 2. The van der Waals surface area contributed by atoms with E-state index in [1.54, 1.807) is 21.1 Å². The van der Waals surface area contributed by atoms with Crippen molar-refractivity contribution in [1.82, 2.24) is 14.7 Å². The van der Waals surface area contributed by atoms with Gasteiger partial charge in [-0.25, -0.2) is 14.5 Å². The lowest BCUT2D eigenvalue weighted by Gasteiger charge is -2.43. The standard InChI is InChI=1S/C17H31N3O2/c1-18(2)16(21)19(3)17(22)20(14-10-6-4-7-11-14)15-12-8-5-9-13-15/h14-15H,4-13H2,1-3H3. The highest BCUT2D eigenvalue weighted by Crippen LogP contribution is 2.31. The molecule has 0 aliphatic heterocycles. The Hall–Kier alpha value is -1.26. The lowest BCUT2D eigenvalue weighted by atomic mass is 9.89. The van der Waals surface area contributed by atoms with Gasteiger partial charge in [-0.1, -0.05) is 38.5 Å². The van der Waals surface area contributed by atoms with Gasteiger partial charge in [0, 0.05) is 33.2 Å². The maximum absolute atomic E-state index is 13.0. The van der Waals surface area contributed by atoms with E-state index < -0.39 is 0 Å². The molecule has 5 nitrogen and oxygen atoms in total. The molecule has 126 valence electrons. The van der Waals surface area contributed by atoms with Crippen LogP contribution >= 0.6 is 0 Å². The van der Waals surface area contributed by atoms with Crippen molar-refractivity contribution in [3.63, 3.8) is 0 Å². The molecule has 0 aromatic carbocycles. The van der Waals surface area contributed by atoms with Crippen LogP contribution in [-0.2, 0) is 0 Å². The minimum absolute atomic E-state index is 0.0995. The second kappa shape index (κ2) is 7.84. The summed E-state index contributed by atoms with van der Waals surface area (Å²) in [7, 11) is 5.00. The summed E-state index contributed by atoms with van der Waals surface area (Å²) in [6.45, 7) is 0. The first-order valence-electron chi connectivity index (χ1n) is 8.79. The van der Waals surface area contributed by atoms with E-state index in [1.807, 2.05) is 0 Å². The average molecular weight is 309 g/mol. The highest BCUT2D eigenvalue weighted by Gasteiger charge is 2.35. The van der Waals surface area contributed by atoms with Crippen molar-refractivity contribution in [2.45, 2.75) is 76.3 Å². The van der Waals surface area contributed by atoms with Crippen molar-refractivity contribution in [2.24, 2.45) is 0 Å². The monoisotopic (exact) mass is 309 g/mol. The fraction of sp³-hybridized carbons (Fsp3) is 0.882. The molecule has 2 fully saturated rings. The first-order valence-corrected chi connectivity index (χ1v) is 8.79. The summed E-state index contributed by atoms with van der Waals surface area (Å²) in [4.78, 5) is 30.0. The summed E-state index contributed by atoms with van der Waals surface area (Å²) in [6.07, 6.45) is 11.7. The van der Waals surface area contributed by atoms with Gasteiger partial charge in [0.1, 0.15) is 0 Å². The zero-order valence-corrected chi connectivity index (χ0v) is 14.4. The van der Waals surface area contributed by atoms with Crippen LogP contribution in [0, 0.1) is 0 Å². The summed E-state index contributed by atoms with van der Waals surface area (Å²) in [5.41, 5.74) is 0. The van der Waals surface area contributed by atoms with E-state index in [0.29, 0.717) is 12.1 Å². The third-order valence-corrected chi connectivity index (χ3v) is 5.11. The Labute approximate surface area is 134 Å². The highest BCUT2D eigenvalue weighted by atomic mass is 16.2. The highest BCUT2D eigenvalue weighted by molar-refractivity contribution is 5.93. The number of hydrogen-bond donors (Lipinski definition) is 0. The smallest absolute Gasteiger partial charge is 0.328 e. The predicted molar refractivity (Wildman–Crippen MR) is 87.8 cm³/mol. The summed E-state index contributed by atoms with van der Waals surface area (Å²) in [5.74, 6) is 0. The van der Waals surface area contributed by atoms with E-state index in [2.05, 4.69) is 4.90 Å². The fourth-order valence-corrected chi connectivity index (χ4v) is 3.88. The van der Waals surface area contributed by atoms with Gasteiger partial charge in [-0.3, -0.25) is 0 Å². The summed E-state index contributed by atoms with van der Waals surface area (Å²) in [6, 6.07) is 0.308. The lowest BCUT2D eigenvalue weighted by molar-refractivity contribution is 0.0852. The molecule has 0 N–H and O–H groups in total. The van der Waals surface area contributed by atoms with Crippen molar-refractivity contribution in [1.29, 1.82) is 0 Å². The van der Waals surface area contributed by atoms with Crippen LogP contribution in [0.1, 0.15) is 64.2 Å². The van der Waals surface area contributed by atoms with Gasteiger partial charge in [0.25, 0.3) is 0 Å². The van der Waals surface area contributed by atoms with E-state index in [9.17, 15) is 9.59 Å². The number of carbonyl (C=O) groups excluding carboxylic acids is 2. The van der Waals surface area contributed by atoms with Gasteiger partial charge >= 0.3 is 12.1 Å². The quantitative estimate of drug-likeness (QED) is 0.781. The minimum Gasteiger partial charge on any atom is -0.330 e. The molecule has 0 unspecified atom stereocenters. The van der Waals surface area contributed by atoms with E-state index in [-0.39, 0.29) is 12.1 Å². The van der Waals surface area contributed by atoms with Crippen molar-refractivity contribution < 1.29 is 9.59 Å². The molecule has 2 saturated carbocycles. The van der Waals surface area contributed by atoms with Crippen molar-refractivity contribution >= 4 is 12.1 Å². The number of amides is 4. The first-order chi connectivity index (χ1) is 10.5. The number of rotatable bonds is 2. The third-order valence-electron chi connectivity index (χ3n) is 5.11. The predicted octanol–water partition coefficient (Wildman–Crippen LogP) is 3.69. The van der Waals surface area contributed by atoms with Gasteiger partial charge < -0.3 is 9.80 Å². The SMILES string of the molecule is CN(C)C(=O)N(C)C(=O)N(C1CCCCC1)C1CCCCC1. The molecule has 2 aliphatic rings. The molecular weight excluding hydrogens is 278 g/mol. The Morgan fingerprint density at radius 3 is 1.45 bits per heavy atom. The molecule has 0 saturated heterocycles. The van der Waals surface area contributed by atoms with Gasteiger partial charge in [-0.15, -0.1) is 0 Å². The maximum atomic E-state index is 13.0. The van der Waals surface area contributed by atoms with Crippen LogP contribution < -0.4 is 0 Å². The third kappa shape index (κ3) is 3.93. The molecule has 0 bridgehead atoms. The molecule has 0 aromatic rings. The molecule has 0 spiro atoms. The van der Waals surface area contributed by atoms with Gasteiger partial charge in [0.05, 0.1) is 0 Å². The number of nitrogens with zero attached hydrogens (tertiary/aromatic N) is 3. The van der Waals surface area contributed by atoms with Crippen LogP contribution in [0.2, 0.25) is 0 Å². The number of hydrogen-bond acceptors (Lipinski definition) is 2. The number of carbonyl (C=O) groups is 2. The number of imide groups is 1. The van der Waals surface area contributed by atoms with Crippen molar-refractivity contribution in [3.05, 3.63) is 0 Å². The van der Waals surface area contributed by atoms with Crippen LogP contribution in [0.3, 0.4) is 0 Å². The summed E-state index contributed by atoms with van der Waals surface area (Å²) in [5, 5.41) is 0. The zero-order chi connectivity index (χ0) is 16.1. The van der Waals surface area contributed by atoms with E-state index in [0.717, 1.165) is 25.7 Å². The summed E-state index contributed by atoms with van der Waals surface area (Å²) >= 11 is 0. The maximum Gasteiger partial charge on any atom is 0.328 e. The minimum atomic E-state index is -0.235. The normalized spacial score (nSPS) is 20.5. The molecular formula is C17H31N3O2. The molecule has 4 amide bonds. The van der Waals surface area contributed by atoms with Crippen LogP contribution in [0.25, 0.3) is 0 Å². The van der Waals surface area contributed by atoms with Crippen LogP contribution in [0.15, 0.2) is 0 Å². The van der Waals surface area contributed by atoms with E-state index in [1.165, 1.54) is 48.3 Å². The van der Waals surface area contributed by atoms with Crippen LogP contribution in [0.5, 0.6) is 0 Å². The summed E-state index contributed by atoms with van der Waals surface area (Å²) < 4.78 is 0. The fourth-order valence-electron chi connectivity index (χ4n) is 3.88. The zero-order valence-electron chi connectivity index (χ0n) is 14.4.